The molecule has 6 heteroatoms. The lowest BCUT2D eigenvalue weighted by Gasteiger charge is -2.04. The maximum atomic E-state index is 11.2. The highest BCUT2D eigenvalue weighted by Crippen LogP contribution is 2.12. The molecule has 0 saturated carbocycles. The Morgan fingerprint density at radius 2 is 1.12 bits per heavy atom. The van der Waals surface area contributed by atoms with E-state index in [1.54, 1.807) is 12.4 Å². The Morgan fingerprint density at radius 1 is 0.708 bits per heavy atom. The molecule has 0 spiro atoms. The van der Waals surface area contributed by atoms with Gasteiger partial charge in [-0.1, -0.05) is 25.7 Å². The fourth-order valence-corrected chi connectivity index (χ4v) is 2.71. The van der Waals surface area contributed by atoms with E-state index < -0.39 is 0 Å². The van der Waals surface area contributed by atoms with Crippen LogP contribution in [0.15, 0.2) is 23.5 Å². The normalized spacial score (nSPS) is 20.5. The van der Waals surface area contributed by atoms with E-state index in [1.807, 2.05) is 0 Å². The summed E-state index contributed by atoms with van der Waals surface area (Å²) in [6.45, 7) is 2.84. The van der Waals surface area contributed by atoms with Crippen molar-refractivity contribution < 1.29 is 19.1 Å². The first-order valence-electron chi connectivity index (χ1n) is 8.96. The molecule has 0 atom stereocenters. The Morgan fingerprint density at radius 3 is 1.50 bits per heavy atom. The average Bonchev–Trinajstić information content (AvgIpc) is 3.17. The smallest absolute Gasteiger partial charge is 0.335 e. The van der Waals surface area contributed by atoms with Crippen LogP contribution in [0.3, 0.4) is 0 Å². The number of unbranched alkanes of at least 4 members (excludes halogenated alkanes) is 5. The predicted octanol–water partition coefficient (Wildman–Crippen LogP) is 2.17. The minimum Gasteiger partial charge on any atom is -0.462 e. The zero-order valence-electron chi connectivity index (χ0n) is 14.3. The quantitative estimate of drug-likeness (QED) is 0.342. The molecule has 2 saturated heterocycles. The van der Waals surface area contributed by atoms with E-state index in [2.05, 4.69) is 10.6 Å². The van der Waals surface area contributed by atoms with E-state index >= 15 is 0 Å². The lowest BCUT2D eigenvalue weighted by Crippen LogP contribution is -2.10. The van der Waals surface area contributed by atoms with Crippen molar-refractivity contribution in [1.29, 1.82) is 0 Å². The number of ether oxygens (including phenoxy) is 2. The fraction of sp³-hybridized carbons (Fsp3) is 0.667. The van der Waals surface area contributed by atoms with Gasteiger partial charge in [0.2, 0.25) is 0 Å². The zero-order valence-corrected chi connectivity index (χ0v) is 14.3. The van der Waals surface area contributed by atoms with Crippen molar-refractivity contribution in [1.82, 2.24) is 10.6 Å². The second kappa shape index (κ2) is 10.7. The Hall–Kier alpha value is -1.98. The van der Waals surface area contributed by atoms with Crippen LogP contribution in [0.4, 0.5) is 0 Å². The van der Waals surface area contributed by atoms with Crippen LogP contribution in [-0.4, -0.2) is 38.2 Å². The summed E-state index contributed by atoms with van der Waals surface area (Å²) in [5, 5.41) is 6.38. The van der Waals surface area contributed by atoms with Gasteiger partial charge in [-0.2, -0.15) is 0 Å². The van der Waals surface area contributed by atoms with Crippen molar-refractivity contribution in [3.63, 3.8) is 0 Å². The van der Waals surface area contributed by atoms with Crippen molar-refractivity contribution in [3.8, 4) is 0 Å². The number of cyclic esters (lactones) is 2. The zero-order chi connectivity index (χ0) is 17.0. The van der Waals surface area contributed by atoms with E-state index in [0.717, 1.165) is 49.9 Å². The Kier molecular flexibility index (Phi) is 8.21. The van der Waals surface area contributed by atoms with Gasteiger partial charge in [-0.15, -0.1) is 0 Å². The van der Waals surface area contributed by atoms with Gasteiger partial charge < -0.3 is 20.1 Å². The minimum absolute atomic E-state index is 0.184. The predicted molar refractivity (Wildman–Crippen MR) is 91.0 cm³/mol. The SMILES string of the molecule is O=C1OCCC1=CNCCCCCCCCNC=C1CCOC1=O. The van der Waals surface area contributed by atoms with Crippen LogP contribution in [0.1, 0.15) is 51.4 Å². The topological polar surface area (TPSA) is 76.7 Å². The lowest BCUT2D eigenvalue weighted by molar-refractivity contribution is -0.136. The van der Waals surface area contributed by atoms with Crippen molar-refractivity contribution in [2.24, 2.45) is 0 Å². The van der Waals surface area contributed by atoms with Crippen molar-refractivity contribution in [2.45, 2.75) is 51.4 Å². The first kappa shape index (κ1) is 18.4. The van der Waals surface area contributed by atoms with Gasteiger partial charge in [0.1, 0.15) is 0 Å². The Balaban J connectivity index is 1.35. The first-order chi connectivity index (χ1) is 11.8. The number of carbonyl (C=O) groups excluding carboxylic acids is 2. The van der Waals surface area contributed by atoms with Gasteiger partial charge in [-0.25, -0.2) is 9.59 Å². The standard InChI is InChI=1S/C18H28N2O4/c21-17-15(7-11-23-17)13-19-9-5-3-1-2-4-6-10-20-14-16-8-12-24-18(16)22/h13-14,19-20H,1-12H2. The molecule has 2 aliphatic heterocycles. The molecule has 2 N–H and O–H groups in total. The number of carbonyl (C=O) groups is 2. The molecule has 2 rings (SSSR count). The van der Waals surface area contributed by atoms with Crippen molar-refractivity contribution in [3.05, 3.63) is 23.5 Å². The summed E-state index contributed by atoms with van der Waals surface area (Å²) in [5.41, 5.74) is 1.51. The van der Waals surface area contributed by atoms with Crippen LogP contribution < -0.4 is 10.6 Å². The second-order valence-electron chi connectivity index (χ2n) is 6.14. The van der Waals surface area contributed by atoms with E-state index in [-0.39, 0.29) is 11.9 Å². The molecule has 2 heterocycles. The van der Waals surface area contributed by atoms with Crippen LogP contribution in [0.5, 0.6) is 0 Å². The van der Waals surface area contributed by atoms with E-state index in [9.17, 15) is 9.59 Å². The number of rotatable bonds is 11. The third-order valence-electron chi connectivity index (χ3n) is 4.18. The average molecular weight is 336 g/mol. The molecule has 6 nitrogen and oxygen atoms in total. The van der Waals surface area contributed by atoms with Crippen molar-refractivity contribution >= 4 is 11.9 Å². The fourth-order valence-electron chi connectivity index (χ4n) is 2.71. The van der Waals surface area contributed by atoms with Gasteiger partial charge in [0.05, 0.1) is 24.4 Å². The van der Waals surface area contributed by atoms with Crippen molar-refractivity contribution in [2.75, 3.05) is 26.3 Å². The molecule has 0 radical (unpaired) electrons. The first-order valence-corrected chi connectivity index (χ1v) is 8.96. The highest BCUT2D eigenvalue weighted by Gasteiger charge is 2.18. The number of hydrogen-bond acceptors (Lipinski definition) is 6. The van der Waals surface area contributed by atoms with Crippen LogP contribution in [-0.2, 0) is 19.1 Å². The van der Waals surface area contributed by atoms with Gasteiger partial charge in [0.25, 0.3) is 0 Å². The Bertz CT molecular complexity index is 441. The minimum atomic E-state index is -0.184. The third-order valence-corrected chi connectivity index (χ3v) is 4.18. The van der Waals surface area contributed by atoms with Crippen LogP contribution in [0.25, 0.3) is 0 Å². The summed E-state index contributed by atoms with van der Waals surface area (Å²) in [6.07, 6.45) is 12.1. The third kappa shape index (κ3) is 6.64. The second-order valence-corrected chi connectivity index (χ2v) is 6.14. The van der Waals surface area contributed by atoms with Crippen LogP contribution >= 0.6 is 0 Å². The molecule has 134 valence electrons. The summed E-state index contributed by atoms with van der Waals surface area (Å²) < 4.78 is 9.74. The highest BCUT2D eigenvalue weighted by atomic mass is 16.5. The number of nitrogens with one attached hydrogen (secondary N) is 2. The summed E-state index contributed by atoms with van der Waals surface area (Å²) in [5.74, 6) is -0.367. The molecule has 0 aromatic rings. The highest BCUT2D eigenvalue weighted by molar-refractivity contribution is 5.90. The largest absolute Gasteiger partial charge is 0.462 e. The molecular weight excluding hydrogens is 308 g/mol. The maximum Gasteiger partial charge on any atom is 0.335 e. The summed E-state index contributed by atoms with van der Waals surface area (Å²) in [7, 11) is 0. The molecule has 0 unspecified atom stereocenters. The van der Waals surface area contributed by atoms with Gasteiger partial charge >= 0.3 is 11.9 Å². The van der Waals surface area contributed by atoms with E-state index in [0.29, 0.717) is 13.2 Å². The van der Waals surface area contributed by atoms with Gasteiger partial charge in [0, 0.05) is 38.3 Å². The van der Waals surface area contributed by atoms with E-state index in [4.69, 9.17) is 9.47 Å². The molecule has 0 aromatic carbocycles. The molecule has 2 aliphatic rings. The molecule has 0 aliphatic carbocycles. The Labute approximate surface area is 143 Å². The van der Waals surface area contributed by atoms with E-state index in [1.165, 1.54) is 25.7 Å². The monoisotopic (exact) mass is 336 g/mol. The van der Waals surface area contributed by atoms with Gasteiger partial charge in [-0.3, -0.25) is 0 Å². The summed E-state index contributed by atoms with van der Waals surface area (Å²) in [6, 6.07) is 0. The number of hydrogen-bond donors (Lipinski definition) is 2. The molecule has 0 amide bonds. The number of esters is 2. The molecular formula is C18H28N2O4. The maximum absolute atomic E-state index is 11.2. The van der Waals surface area contributed by atoms with Crippen LogP contribution in [0.2, 0.25) is 0 Å². The van der Waals surface area contributed by atoms with Gasteiger partial charge in [0.15, 0.2) is 0 Å². The molecule has 0 aromatic heterocycles. The van der Waals surface area contributed by atoms with Crippen LogP contribution in [0, 0.1) is 0 Å². The summed E-state index contributed by atoms with van der Waals surface area (Å²) in [4.78, 5) is 22.4. The lowest BCUT2D eigenvalue weighted by atomic mass is 10.1. The molecule has 2 fully saturated rings. The molecule has 24 heavy (non-hydrogen) atoms. The molecule has 0 bridgehead atoms. The summed E-state index contributed by atoms with van der Waals surface area (Å²) >= 11 is 0. The van der Waals surface area contributed by atoms with Gasteiger partial charge in [-0.05, 0) is 12.8 Å².